The van der Waals surface area contributed by atoms with Gasteiger partial charge in [-0.25, -0.2) is 0 Å². The van der Waals surface area contributed by atoms with E-state index >= 15 is 0 Å². The van der Waals surface area contributed by atoms with Crippen LogP contribution in [0.15, 0.2) is 0 Å². The smallest absolute Gasteiger partial charge is 0.0571 e. The number of rotatable bonds is 6. The average Bonchev–Trinajstić information content (AvgIpc) is 2.79. The Labute approximate surface area is 193 Å². The lowest BCUT2D eigenvalue weighted by Crippen LogP contribution is -2.42. The van der Waals surface area contributed by atoms with E-state index in [-0.39, 0.29) is 12.2 Å². The van der Waals surface area contributed by atoms with Gasteiger partial charge in [-0.05, 0) is 92.3 Å². The maximum absolute atomic E-state index is 10.9. The number of hydrogen-bond donors (Lipinski definition) is 2. The molecular weight excluding hydrogens is 380 g/mol. The van der Waals surface area contributed by atoms with Gasteiger partial charge in [0.1, 0.15) is 0 Å². The number of aliphatic hydroxyl groups is 2. The predicted molar refractivity (Wildman–Crippen MR) is 130 cm³/mol. The Balaban J connectivity index is 1.45. The van der Waals surface area contributed by atoms with Crippen LogP contribution in [-0.2, 0) is 0 Å². The van der Waals surface area contributed by atoms with Crippen LogP contribution in [0.1, 0.15) is 123 Å². The standard InChI is InChI=1S/C29H52O2/c1-20(2)17-25(23-13-15-28(30)26(18-23)21-9-5-3-6-10-21)24-14-16-29(31)27(19-24)22-11-7-4-8-12-22/h20-31H,3-19H2,1-2H3. The second kappa shape index (κ2) is 11.4. The lowest BCUT2D eigenvalue weighted by atomic mass is 9.59. The van der Waals surface area contributed by atoms with Gasteiger partial charge < -0.3 is 10.2 Å². The summed E-state index contributed by atoms with van der Waals surface area (Å²) in [7, 11) is 0. The molecule has 6 atom stereocenters. The molecular formula is C29H52O2. The molecule has 0 amide bonds. The molecule has 2 nitrogen and oxygen atoms in total. The van der Waals surface area contributed by atoms with E-state index in [1.165, 1.54) is 96.3 Å². The van der Waals surface area contributed by atoms with E-state index in [1.54, 1.807) is 0 Å². The van der Waals surface area contributed by atoms with Crippen molar-refractivity contribution in [2.24, 2.45) is 47.3 Å². The van der Waals surface area contributed by atoms with Crippen LogP contribution in [0.2, 0.25) is 0 Å². The van der Waals surface area contributed by atoms with Gasteiger partial charge in [-0.3, -0.25) is 0 Å². The maximum atomic E-state index is 10.9. The minimum atomic E-state index is -0.0396. The first-order valence-corrected chi connectivity index (χ1v) is 14.4. The molecule has 180 valence electrons. The van der Waals surface area contributed by atoms with Crippen LogP contribution in [0.5, 0.6) is 0 Å². The topological polar surface area (TPSA) is 40.5 Å². The minimum Gasteiger partial charge on any atom is -0.393 e. The summed E-state index contributed by atoms with van der Waals surface area (Å²) in [5.41, 5.74) is 0. The van der Waals surface area contributed by atoms with Crippen LogP contribution in [0, 0.1) is 47.3 Å². The summed E-state index contributed by atoms with van der Waals surface area (Å²) in [6.45, 7) is 4.83. The first-order valence-electron chi connectivity index (χ1n) is 14.4. The summed E-state index contributed by atoms with van der Waals surface area (Å²) in [5.74, 6) is 5.90. The summed E-state index contributed by atoms with van der Waals surface area (Å²) in [6, 6.07) is 0. The van der Waals surface area contributed by atoms with Crippen molar-refractivity contribution in [2.45, 2.75) is 135 Å². The fraction of sp³-hybridized carbons (Fsp3) is 1.00. The summed E-state index contributed by atoms with van der Waals surface area (Å²) in [4.78, 5) is 0. The molecule has 4 aliphatic carbocycles. The highest BCUT2D eigenvalue weighted by atomic mass is 16.3. The van der Waals surface area contributed by atoms with Gasteiger partial charge in [0.25, 0.3) is 0 Å². The Morgan fingerprint density at radius 2 is 1.00 bits per heavy atom. The van der Waals surface area contributed by atoms with Gasteiger partial charge >= 0.3 is 0 Å². The van der Waals surface area contributed by atoms with E-state index < -0.39 is 0 Å². The molecule has 31 heavy (non-hydrogen) atoms. The van der Waals surface area contributed by atoms with Gasteiger partial charge in [0.2, 0.25) is 0 Å². The molecule has 0 aromatic heterocycles. The molecule has 0 aromatic rings. The quantitative estimate of drug-likeness (QED) is 0.460. The van der Waals surface area contributed by atoms with Crippen molar-refractivity contribution in [3.05, 3.63) is 0 Å². The van der Waals surface area contributed by atoms with Crippen molar-refractivity contribution in [2.75, 3.05) is 0 Å². The normalized spacial score (nSPS) is 40.2. The fourth-order valence-corrected chi connectivity index (χ4v) is 8.68. The van der Waals surface area contributed by atoms with Crippen LogP contribution >= 0.6 is 0 Å². The molecule has 0 heterocycles. The molecule has 4 fully saturated rings. The maximum Gasteiger partial charge on any atom is 0.0571 e. The molecule has 6 unspecified atom stereocenters. The monoisotopic (exact) mass is 432 g/mol. The van der Waals surface area contributed by atoms with Crippen molar-refractivity contribution >= 4 is 0 Å². The summed E-state index contributed by atoms with van der Waals surface area (Å²) in [5, 5.41) is 21.9. The molecule has 4 rings (SSSR count). The van der Waals surface area contributed by atoms with Gasteiger partial charge in [-0.2, -0.15) is 0 Å². The van der Waals surface area contributed by atoms with Gasteiger partial charge in [0.05, 0.1) is 12.2 Å². The highest BCUT2D eigenvalue weighted by Crippen LogP contribution is 2.50. The lowest BCUT2D eigenvalue weighted by Gasteiger charge is -2.47. The van der Waals surface area contributed by atoms with Gasteiger partial charge in [-0.1, -0.05) is 78.1 Å². The Morgan fingerprint density at radius 3 is 1.39 bits per heavy atom. The van der Waals surface area contributed by atoms with Crippen molar-refractivity contribution in [1.82, 2.24) is 0 Å². The van der Waals surface area contributed by atoms with Gasteiger partial charge in [0.15, 0.2) is 0 Å². The van der Waals surface area contributed by atoms with E-state index in [1.807, 2.05) is 0 Å². The van der Waals surface area contributed by atoms with Crippen molar-refractivity contribution in [1.29, 1.82) is 0 Å². The molecule has 0 spiro atoms. The van der Waals surface area contributed by atoms with Crippen molar-refractivity contribution < 1.29 is 10.2 Å². The second-order valence-corrected chi connectivity index (χ2v) is 12.7. The molecule has 0 bridgehead atoms. The Morgan fingerprint density at radius 1 is 0.581 bits per heavy atom. The lowest BCUT2D eigenvalue weighted by molar-refractivity contribution is -0.0408. The zero-order valence-electron chi connectivity index (χ0n) is 20.7. The zero-order valence-corrected chi connectivity index (χ0v) is 20.7. The van der Waals surface area contributed by atoms with Crippen LogP contribution in [0.3, 0.4) is 0 Å². The van der Waals surface area contributed by atoms with Crippen LogP contribution < -0.4 is 0 Å². The van der Waals surface area contributed by atoms with Gasteiger partial charge in [-0.15, -0.1) is 0 Å². The van der Waals surface area contributed by atoms with Gasteiger partial charge in [0, 0.05) is 0 Å². The first kappa shape index (κ1) is 24.1. The SMILES string of the molecule is CC(C)CC(C1CCC(O)C(C2CCCCC2)C1)C1CCC(O)C(C2CCCCC2)C1. The molecule has 0 saturated heterocycles. The third-order valence-electron chi connectivity index (χ3n) is 10.3. The summed E-state index contributed by atoms with van der Waals surface area (Å²) < 4.78 is 0. The van der Waals surface area contributed by atoms with Crippen LogP contribution in [0.25, 0.3) is 0 Å². The van der Waals surface area contributed by atoms with Crippen molar-refractivity contribution in [3.63, 3.8) is 0 Å². The highest BCUT2D eigenvalue weighted by molar-refractivity contribution is 4.93. The van der Waals surface area contributed by atoms with Crippen LogP contribution in [0.4, 0.5) is 0 Å². The van der Waals surface area contributed by atoms with Crippen molar-refractivity contribution in [3.8, 4) is 0 Å². The molecule has 2 N–H and O–H groups in total. The van der Waals surface area contributed by atoms with Crippen LogP contribution in [-0.4, -0.2) is 22.4 Å². The summed E-state index contributed by atoms with van der Waals surface area (Å²) >= 11 is 0. The fourth-order valence-electron chi connectivity index (χ4n) is 8.68. The minimum absolute atomic E-state index is 0.0396. The van der Waals surface area contributed by atoms with E-state index in [0.717, 1.165) is 48.3 Å². The van der Waals surface area contributed by atoms with E-state index in [2.05, 4.69) is 13.8 Å². The van der Waals surface area contributed by atoms with E-state index in [9.17, 15) is 10.2 Å². The average molecular weight is 433 g/mol. The second-order valence-electron chi connectivity index (χ2n) is 12.7. The molecule has 0 aromatic carbocycles. The first-order chi connectivity index (χ1) is 15.0. The third kappa shape index (κ3) is 6.08. The Kier molecular flexibility index (Phi) is 8.82. The van der Waals surface area contributed by atoms with E-state index in [0.29, 0.717) is 11.8 Å². The third-order valence-corrected chi connectivity index (χ3v) is 10.3. The predicted octanol–water partition coefficient (Wildman–Crippen LogP) is 7.36. The number of hydrogen-bond acceptors (Lipinski definition) is 2. The molecule has 0 radical (unpaired) electrons. The molecule has 2 heteroatoms. The van der Waals surface area contributed by atoms with E-state index in [4.69, 9.17) is 0 Å². The number of aliphatic hydroxyl groups excluding tert-OH is 2. The zero-order chi connectivity index (χ0) is 21.8. The molecule has 4 aliphatic rings. The Bertz CT molecular complexity index is 477. The Hall–Kier alpha value is -0.0800. The largest absolute Gasteiger partial charge is 0.393 e. The molecule has 0 aliphatic heterocycles. The molecule has 4 saturated carbocycles. The highest BCUT2D eigenvalue weighted by Gasteiger charge is 2.43. The summed E-state index contributed by atoms with van der Waals surface area (Å²) in [6.07, 6.45) is 22.2.